The highest BCUT2D eigenvalue weighted by molar-refractivity contribution is 9.09. The molecule has 1 aliphatic rings. The smallest absolute Gasteiger partial charge is 0.254 e. The molecule has 1 aromatic rings. The third-order valence-corrected chi connectivity index (χ3v) is 3.61. The Labute approximate surface area is 114 Å². The fourth-order valence-corrected chi connectivity index (χ4v) is 2.43. The average Bonchev–Trinajstić information content (AvgIpc) is 2.37. The highest BCUT2D eigenvalue weighted by atomic mass is 79.9. The van der Waals surface area contributed by atoms with Crippen LogP contribution in [0, 0.1) is 12.7 Å². The Morgan fingerprint density at radius 3 is 3.00 bits per heavy atom. The monoisotopic (exact) mass is 315 g/mol. The zero-order valence-electron chi connectivity index (χ0n) is 10.2. The maximum absolute atomic E-state index is 13.3. The molecule has 5 heteroatoms. The second-order valence-electron chi connectivity index (χ2n) is 4.42. The number of amides is 1. The molecule has 0 saturated carbocycles. The lowest BCUT2D eigenvalue weighted by molar-refractivity contribution is -0.00966. The zero-order chi connectivity index (χ0) is 13.1. The van der Waals surface area contributed by atoms with Crippen molar-refractivity contribution in [3.8, 4) is 0 Å². The molecule has 98 valence electrons. The molecule has 0 spiro atoms. The van der Waals surface area contributed by atoms with E-state index >= 15 is 0 Å². The molecule has 0 aliphatic carbocycles. The molecule has 1 amide bonds. The van der Waals surface area contributed by atoms with E-state index in [0.717, 1.165) is 5.56 Å². The summed E-state index contributed by atoms with van der Waals surface area (Å²) in [5, 5.41) is 0.693. The van der Waals surface area contributed by atoms with Crippen LogP contribution >= 0.6 is 15.9 Å². The van der Waals surface area contributed by atoms with Crippen LogP contribution in [0.15, 0.2) is 18.2 Å². The van der Waals surface area contributed by atoms with Crippen LogP contribution in [0.2, 0.25) is 0 Å². The number of carbonyl (C=O) groups excluding carboxylic acids is 1. The Hall–Kier alpha value is -0.940. The third kappa shape index (κ3) is 3.09. The van der Waals surface area contributed by atoms with Gasteiger partial charge in [-0.15, -0.1) is 0 Å². The van der Waals surface area contributed by atoms with Gasteiger partial charge in [-0.2, -0.15) is 0 Å². The van der Waals surface area contributed by atoms with E-state index in [4.69, 9.17) is 4.74 Å². The van der Waals surface area contributed by atoms with Gasteiger partial charge in [0.1, 0.15) is 5.82 Å². The highest BCUT2D eigenvalue weighted by Gasteiger charge is 2.24. The van der Waals surface area contributed by atoms with Crippen LogP contribution in [0.25, 0.3) is 0 Å². The molecule has 1 unspecified atom stereocenters. The minimum atomic E-state index is -0.372. The predicted octanol–water partition coefficient (Wildman–Crippen LogP) is 2.37. The van der Waals surface area contributed by atoms with Crippen molar-refractivity contribution in [1.82, 2.24) is 4.90 Å². The van der Waals surface area contributed by atoms with Crippen molar-refractivity contribution in [2.45, 2.75) is 13.0 Å². The van der Waals surface area contributed by atoms with Gasteiger partial charge in [0.05, 0.1) is 12.7 Å². The third-order valence-electron chi connectivity index (χ3n) is 2.89. The molecule has 1 heterocycles. The van der Waals surface area contributed by atoms with Crippen molar-refractivity contribution in [3.63, 3.8) is 0 Å². The molecule has 1 atom stereocenters. The summed E-state index contributed by atoms with van der Waals surface area (Å²) >= 11 is 3.34. The van der Waals surface area contributed by atoms with Gasteiger partial charge in [-0.25, -0.2) is 4.39 Å². The second kappa shape index (κ2) is 5.80. The summed E-state index contributed by atoms with van der Waals surface area (Å²) in [4.78, 5) is 14.0. The van der Waals surface area contributed by atoms with Gasteiger partial charge < -0.3 is 9.64 Å². The van der Waals surface area contributed by atoms with Crippen molar-refractivity contribution < 1.29 is 13.9 Å². The maximum atomic E-state index is 13.3. The lowest BCUT2D eigenvalue weighted by atomic mass is 10.1. The number of hydrogen-bond donors (Lipinski definition) is 0. The number of nitrogens with zero attached hydrogens (tertiary/aromatic N) is 1. The normalized spacial score (nSPS) is 19.9. The molecule has 1 aromatic carbocycles. The van der Waals surface area contributed by atoms with Crippen LogP contribution in [0.5, 0.6) is 0 Å². The van der Waals surface area contributed by atoms with Crippen LogP contribution in [-0.2, 0) is 4.74 Å². The van der Waals surface area contributed by atoms with Crippen LogP contribution in [0.4, 0.5) is 4.39 Å². The largest absolute Gasteiger partial charge is 0.374 e. The van der Waals surface area contributed by atoms with Crippen LogP contribution < -0.4 is 0 Å². The van der Waals surface area contributed by atoms with Crippen LogP contribution in [0.1, 0.15) is 15.9 Å². The minimum absolute atomic E-state index is 0.0114. The van der Waals surface area contributed by atoms with Crippen molar-refractivity contribution >= 4 is 21.8 Å². The van der Waals surface area contributed by atoms with E-state index in [1.807, 2.05) is 0 Å². The molecule has 0 aromatic heterocycles. The van der Waals surface area contributed by atoms with Gasteiger partial charge in [0.2, 0.25) is 0 Å². The fraction of sp³-hybridized carbons (Fsp3) is 0.462. The lowest BCUT2D eigenvalue weighted by Crippen LogP contribution is -2.46. The first-order chi connectivity index (χ1) is 8.60. The number of carbonyl (C=O) groups is 1. The Balaban J connectivity index is 2.15. The molecule has 1 aliphatic heterocycles. The molecule has 0 bridgehead atoms. The van der Waals surface area contributed by atoms with E-state index in [2.05, 4.69) is 15.9 Å². The Morgan fingerprint density at radius 2 is 2.33 bits per heavy atom. The first-order valence-electron chi connectivity index (χ1n) is 5.84. The van der Waals surface area contributed by atoms with Crippen molar-refractivity contribution in [2.75, 3.05) is 25.0 Å². The Morgan fingerprint density at radius 1 is 1.56 bits per heavy atom. The maximum Gasteiger partial charge on any atom is 0.254 e. The van der Waals surface area contributed by atoms with Crippen LogP contribution in [-0.4, -0.2) is 41.9 Å². The fourth-order valence-electron chi connectivity index (χ4n) is 2.04. The summed E-state index contributed by atoms with van der Waals surface area (Å²) < 4.78 is 18.8. The molecule has 1 fully saturated rings. The van der Waals surface area contributed by atoms with E-state index in [9.17, 15) is 9.18 Å². The van der Waals surface area contributed by atoms with Crippen molar-refractivity contribution in [1.29, 1.82) is 0 Å². The van der Waals surface area contributed by atoms with Gasteiger partial charge in [-0.05, 0) is 30.7 Å². The summed E-state index contributed by atoms with van der Waals surface area (Å²) in [7, 11) is 0. The summed E-state index contributed by atoms with van der Waals surface area (Å²) in [6.07, 6.45) is 0.0114. The van der Waals surface area contributed by atoms with Gasteiger partial charge in [0.25, 0.3) is 5.91 Å². The van der Waals surface area contributed by atoms with E-state index in [1.54, 1.807) is 17.9 Å². The average molecular weight is 316 g/mol. The molecule has 1 saturated heterocycles. The van der Waals surface area contributed by atoms with Gasteiger partial charge in [0, 0.05) is 24.0 Å². The van der Waals surface area contributed by atoms with E-state index < -0.39 is 0 Å². The molecule has 0 radical (unpaired) electrons. The quantitative estimate of drug-likeness (QED) is 0.784. The van der Waals surface area contributed by atoms with E-state index in [-0.39, 0.29) is 17.8 Å². The topological polar surface area (TPSA) is 29.5 Å². The molecular weight excluding hydrogens is 301 g/mol. The Bertz CT molecular complexity index is 432. The molecular formula is C13H15BrFNO2. The standard InChI is InChI=1S/C13H15BrFNO2/c1-9-4-10(6-11(15)5-9)13(17)16-2-3-18-12(7-14)8-16/h4-6,12H,2-3,7-8H2,1H3. The second-order valence-corrected chi connectivity index (χ2v) is 5.06. The van der Waals surface area contributed by atoms with E-state index in [1.165, 1.54) is 12.1 Å². The zero-order valence-corrected chi connectivity index (χ0v) is 11.7. The number of halogens is 2. The molecule has 18 heavy (non-hydrogen) atoms. The number of rotatable bonds is 2. The van der Waals surface area contributed by atoms with Gasteiger partial charge in [0.15, 0.2) is 0 Å². The summed E-state index contributed by atoms with van der Waals surface area (Å²) in [5.74, 6) is -0.504. The van der Waals surface area contributed by atoms with Gasteiger partial charge in [-0.3, -0.25) is 4.79 Å². The SMILES string of the molecule is Cc1cc(F)cc(C(=O)N2CCOC(CBr)C2)c1. The summed E-state index contributed by atoms with van der Waals surface area (Å²) in [6.45, 7) is 3.40. The lowest BCUT2D eigenvalue weighted by Gasteiger charge is -2.32. The first kappa shape index (κ1) is 13.5. The van der Waals surface area contributed by atoms with Gasteiger partial charge >= 0.3 is 0 Å². The number of morpholine rings is 1. The van der Waals surface area contributed by atoms with Gasteiger partial charge in [-0.1, -0.05) is 15.9 Å². The molecule has 2 rings (SSSR count). The number of benzene rings is 1. The summed E-state index contributed by atoms with van der Waals surface area (Å²) in [6, 6.07) is 4.41. The van der Waals surface area contributed by atoms with Crippen molar-refractivity contribution in [2.24, 2.45) is 0 Å². The summed E-state index contributed by atoms with van der Waals surface area (Å²) in [5.41, 5.74) is 1.16. The predicted molar refractivity (Wildman–Crippen MR) is 70.6 cm³/mol. The first-order valence-corrected chi connectivity index (χ1v) is 6.96. The Kier molecular flexibility index (Phi) is 4.35. The molecule has 0 N–H and O–H groups in total. The molecule has 3 nitrogen and oxygen atoms in total. The highest BCUT2D eigenvalue weighted by Crippen LogP contribution is 2.14. The minimum Gasteiger partial charge on any atom is -0.374 e. The number of hydrogen-bond acceptors (Lipinski definition) is 2. The van der Waals surface area contributed by atoms with Crippen molar-refractivity contribution in [3.05, 3.63) is 35.1 Å². The number of ether oxygens (including phenoxy) is 1. The van der Waals surface area contributed by atoms with E-state index in [0.29, 0.717) is 30.6 Å². The van der Waals surface area contributed by atoms with Crippen LogP contribution in [0.3, 0.4) is 0 Å². The number of alkyl halides is 1. The number of aryl methyl sites for hydroxylation is 1.